The first kappa shape index (κ1) is 21.3. The third-order valence-corrected chi connectivity index (χ3v) is 3.48. The van der Waals surface area contributed by atoms with Gasteiger partial charge < -0.3 is 9.90 Å². The number of carbonyl (C=O) groups excluding carboxylic acids is 1. The van der Waals surface area contributed by atoms with E-state index in [0.717, 1.165) is 12.8 Å². The Morgan fingerprint density at radius 3 is 1.32 bits per heavy atom. The Bertz CT molecular complexity index is 184. The summed E-state index contributed by atoms with van der Waals surface area (Å²) in [7, 11) is 0. The number of carboxylic acid groups (broad SMARTS) is 1. The fraction of sp³-hybridized carbons (Fsp3) is 0.938. The molecule has 19 heavy (non-hydrogen) atoms. The van der Waals surface area contributed by atoms with Gasteiger partial charge in [0, 0.05) is 5.97 Å². The molecule has 0 aliphatic rings. The summed E-state index contributed by atoms with van der Waals surface area (Å²) in [6.45, 7) is 2.26. The maximum absolute atomic E-state index is 10.2. The van der Waals surface area contributed by atoms with E-state index in [4.69, 9.17) is 0 Å². The molecule has 0 atom stereocenters. The number of rotatable bonds is 14. The molecule has 3 heteroatoms. The van der Waals surface area contributed by atoms with Crippen LogP contribution in [0.4, 0.5) is 0 Å². The zero-order chi connectivity index (χ0) is 13.5. The Morgan fingerprint density at radius 1 is 0.684 bits per heavy atom. The zero-order valence-electron chi connectivity index (χ0n) is 12.8. The average Bonchev–Trinajstić information content (AvgIpc) is 2.34. The van der Waals surface area contributed by atoms with Crippen LogP contribution in [0.5, 0.6) is 0 Å². The van der Waals surface area contributed by atoms with Crippen LogP contribution in [0.3, 0.4) is 0 Å². The van der Waals surface area contributed by atoms with Crippen molar-refractivity contribution >= 4 is 23.3 Å². The van der Waals surface area contributed by atoms with Gasteiger partial charge in [-0.25, -0.2) is 0 Å². The van der Waals surface area contributed by atoms with Gasteiger partial charge in [-0.05, 0) is 12.8 Å². The van der Waals surface area contributed by atoms with Gasteiger partial charge in [0.1, 0.15) is 0 Å². The van der Waals surface area contributed by atoms with Crippen molar-refractivity contribution in [2.45, 2.75) is 96.8 Å². The fourth-order valence-corrected chi connectivity index (χ4v) is 2.29. The zero-order valence-corrected chi connectivity index (χ0v) is 13.9. The monoisotopic (exact) mass is 282 g/mol. The van der Waals surface area contributed by atoms with E-state index < -0.39 is 5.97 Å². The van der Waals surface area contributed by atoms with E-state index in [1.54, 1.807) is 0 Å². The van der Waals surface area contributed by atoms with Crippen molar-refractivity contribution < 1.29 is 9.90 Å². The largest absolute Gasteiger partial charge is 3.00 e. The molecule has 0 saturated heterocycles. The molecule has 108 valence electrons. The SMILES string of the molecule is CCCCCCCCCCCCCCCC(=O)[O-].[Al+3]. The minimum absolute atomic E-state index is 0. The molecule has 0 aliphatic carbocycles. The second-order valence-corrected chi connectivity index (χ2v) is 5.36. The summed E-state index contributed by atoms with van der Waals surface area (Å²) in [6.07, 6.45) is 16.9. The maximum atomic E-state index is 10.2. The summed E-state index contributed by atoms with van der Waals surface area (Å²) < 4.78 is 0. The molecule has 0 amide bonds. The average molecular weight is 282 g/mol. The van der Waals surface area contributed by atoms with E-state index in [9.17, 15) is 9.90 Å². The molecule has 0 bridgehead atoms. The topological polar surface area (TPSA) is 40.1 Å². The Balaban J connectivity index is 0. The number of hydrogen-bond acceptors (Lipinski definition) is 2. The normalized spacial score (nSPS) is 10.2. The Kier molecular flexibility index (Phi) is 20.2. The number of hydrogen-bond donors (Lipinski definition) is 0. The molecule has 0 radical (unpaired) electrons. The summed E-state index contributed by atoms with van der Waals surface area (Å²) in [6, 6.07) is 0. The first-order valence-corrected chi connectivity index (χ1v) is 7.97. The van der Waals surface area contributed by atoms with Gasteiger partial charge in [-0.1, -0.05) is 84.0 Å². The third kappa shape index (κ3) is 20.5. The van der Waals surface area contributed by atoms with Crippen LogP contribution in [0.15, 0.2) is 0 Å². The second-order valence-electron chi connectivity index (χ2n) is 5.36. The quantitative estimate of drug-likeness (QED) is 0.359. The van der Waals surface area contributed by atoms with Crippen molar-refractivity contribution in [3.05, 3.63) is 0 Å². The van der Waals surface area contributed by atoms with Gasteiger partial charge in [0.2, 0.25) is 0 Å². The molecule has 0 unspecified atom stereocenters. The van der Waals surface area contributed by atoms with Gasteiger partial charge in [0.25, 0.3) is 0 Å². The smallest absolute Gasteiger partial charge is 0.550 e. The van der Waals surface area contributed by atoms with Crippen LogP contribution in [0.2, 0.25) is 0 Å². The predicted octanol–water partition coefficient (Wildman–Crippen LogP) is 3.84. The minimum atomic E-state index is -0.905. The van der Waals surface area contributed by atoms with Crippen LogP contribution >= 0.6 is 0 Å². The van der Waals surface area contributed by atoms with Gasteiger partial charge in [0.15, 0.2) is 0 Å². The first-order chi connectivity index (χ1) is 8.77. The summed E-state index contributed by atoms with van der Waals surface area (Å²) in [5.41, 5.74) is 0. The minimum Gasteiger partial charge on any atom is -0.550 e. The van der Waals surface area contributed by atoms with E-state index in [0.29, 0.717) is 0 Å². The molecule has 0 spiro atoms. The Labute approximate surface area is 130 Å². The van der Waals surface area contributed by atoms with E-state index in [2.05, 4.69) is 6.92 Å². The fourth-order valence-electron chi connectivity index (χ4n) is 2.29. The van der Waals surface area contributed by atoms with Gasteiger partial charge in [-0.2, -0.15) is 0 Å². The first-order valence-electron chi connectivity index (χ1n) is 7.97. The van der Waals surface area contributed by atoms with Crippen molar-refractivity contribution in [2.24, 2.45) is 0 Å². The molecule has 0 aromatic heterocycles. The molecular formula is C16H31AlO2+2. The molecular weight excluding hydrogens is 251 g/mol. The molecule has 0 saturated carbocycles. The number of aliphatic carboxylic acids is 1. The van der Waals surface area contributed by atoms with Gasteiger partial charge in [0.05, 0.1) is 0 Å². The van der Waals surface area contributed by atoms with Crippen LogP contribution in [0.1, 0.15) is 96.8 Å². The van der Waals surface area contributed by atoms with Crippen LogP contribution in [-0.4, -0.2) is 23.3 Å². The van der Waals surface area contributed by atoms with Crippen molar-refractivity contribution in [3.8, 4) is 0 Å². The molecule has 0 aliphatic heterocycles. The van der Waals surface area contributed by atoms with Crippen LogP contribution in [0.25, 0.3) is 0 Å². The van der Waals surface area contributed by atoms with Crippen molar-refractivity contribution in [3.63, 3.8) is 0 Å². The molecule has 0 heterocycles. The molecule has 0 N–H and O–H groups in total. The van der Waals surface area contributed by atoms with Crippen molar-refractivity contribution in [2.75, 3.05) is 0 Å². The Hall–Kier alpha value is 0.00247. The van der Waals surface area contributed by atoms with Gasteiger partial charge >= 0.3 is 17.4 Å². The van der Waals surface area contributed by atoms with E-state index in [1.165, 1.54) is 70.6 Å². The maximum Gasteiger partial charge on any atom is 3.00 e. The third-order valence-electron chi connectivity index (χ3n) is 3.48. The van der Waals surface area contributed by atoms with E-state index >= 15 is 0 Å². The molecule has 0 aromatic carbocycles. The summed E-state index contributed by atoms with van der Waals surface area (Å²) in [4.78, 5) is 10.2. The summed E-state index contributed by atoms with van der Waals surface area (Å²) in [5.74, 6) is -0.905. The summed E-state index contributed by atoms with van der Waals surface area (Å²) in [5, 5.41) is 10.2. The predicted molar refractivity (Wildman–Crippen MR) is 81.1 cm³/mol. The van der Waals surface area contributed by atoms with Crippen LogP contribution in [-0.2, 0) is 4.79 Å². The molecule has 2 nitrogen and oxygen atoms in total. The van der Waals surface area contributed by atoms with Crippen molar-refractivity contribution in [1.29, 1.82) is 0 Å². The molecule has 0 rings (SSSR count). The molecule has 0 aromatic rings. The van der Waals surface area contributed by atoms with Gasteiger partial charge in [-0.3, -0.25) is 0 Å². The van der Waals surface area contributed by atoms with Gasteiger partial charge in [-0.15, -0.1) is 0 Å². The van der Waals surface area contributed by atoms with E-state index in [1.807, 2.05) is 0 Å². The number of carboxylic acids is 1. The Morgan fingerprint density at radius 2 is 1.00 bits per heavy atom. The summed E-state index contributed by atoms with van der Waals surface area (Å²) >= 11 is 0. The van der Waals surface area contributed by atoms with Crippen molar-refractivity contribution in [1.82, 2.24) is 0 Å². The number of carbonyl (C=O) groups is 1. The van der Waals surface area contributed by atoms with E-state index in [-0.39, 0.29) is 23.8 Å². The van der Waals surface area contributed by atoms with Crippen LogP contribution in [0, 0.1) is 0 Å². The standard InChI is InChI=1S/C16H32O2.Al/c1-2-3-4-5-6-7-8-9-10-11-12-13-14-15-16(17)18;/h2-15H2,1H3,(H,17,18);/q;+3/p-1. The number of unbranched alkanes of at least 4 members (excludes halogenated alkanes) is 12. The second kappa shape index (κ2) is 18.0. The molecule has 0 fully saturated rings. The van der Waals surface area contributed by atoms with Crippen LogP contribution < -0.4 is 5.11 Å².